The third-order valence-electron chi connectivity index (χ3n) is 2.43. The van der Waals surface area contributed by atoms with Gasteiger partial charge in [-0.3, -0.25) is 0 Å². The number of carboxylic acids is 1. The van der Waals surface area contributed by atoms with Crippen molar-refractivity contribution in [3.63, 3.8) is 0 Å². The zero-order valence-electron chi connectivity index (χ0n) is 8.98. The lowest BCUT2D eigenvalue weighted by Gasteiger charge is -1.96. The maximum atomic E-state index is 10.7. The van der Waals surface area contributed by atoms with E-state index in [0.717, 1.165) is 22.6 Å². The first-order valence-electron chi connectivity index (χ1n) is 4.80. The van der Waals surface area contributed by atoms with Crippen molar-refractivity contribution >= 4 is 17.3 Å². The minimum atomic E-state index is -0.880. The number of carboxylic acid groups (broad SMARTS) is 1. The fourth-order valence-electron chi connectivity index (χ4n) is 1.54. The van der Waals surface area contributed by atoms with Gasteiger partial charge in [0.25, 0.3) is 0 Å². The van der Waals surface area contributed by atoms with Crippen molar-refractivity contribution in [2.24, 2.45) is 0 Å². The Morgan fingerprint density at radius 2 is 2.31 bits per heavy atom. The van der Waals surface area contributed by atoms with Crippen molar-refractivity contribution < 1.29 is 14.4 Å². The Kier molecular flexibility index (Phi) is 2.78. The van der Waals surface area contributed by atoms with E-state index in [1.807, 2.05) is 19.2 Å². The number of aromatic nitrogens is 1. The number of nitrogens with zero attached hydrogens (tertiary/aromatic N) is 1. The summed E-state index contributed by atoms with van der Waals surface area (Å²) in [5.74, 6) is -0.0874. The van der Waals surface area contributed by atoms with Crippen LogP contribution >= 0.6 is 11.3 Å². The molecule has 0 saturated carbocycles. The third-order valence-corrected chi connectivity index (χ3v) is 3.39. The number of carbonyl (C=O) groups is 1. The summed E-state index contributed by atoms with van der Waals surface area (Å²) in [6, 6.07) is 1.69. The molecule has 0 aliphatic carbocycles. The van der Waals surface area contributed by atoms with Crippen LogP contribution in [0.25, 0.3) is 0 Å². The van der Waals surface area contributed by atoms with Gasteiger partial charge in [0.15, 0.2) is 0 Å². The number of rotatable bonds is 3. The van der Waals surface area contributed by atoms with E-state index in [-0.39, 0.29) is 0 Å². The Morgan fingerprint density at radius 3 is 2.81 bits per heavy atom. The van der Waals surface area contributed by atoms with Crippen molar-refractivity contribution in [3.8, 4) is 0 Å². The molecule has 0 unspecified atom stereocenters. The molecule has 5 heteroatoms. The molecule has 84 valence electrons. The van der Waals surface area contributed by atoms with Crippen LogP contribution in [0.2, 0.25) is 0 Å². The van der Waals surface area contributed by atoms with Gasteiger partial charge in [-0.05, 0) is 30.9 Å². The summed E-state index contributed by atoms with van der Waals surface area (Å²) < 4.78 is 5.06. The van der Waals surface area contributed by atoms with E-state index in [4.69, 9.17) is 9.63 Å². The number of thiophene rings is 1. The lowest BCUT2D eigenvalue weighted by molar-refractivity contribution is 0.0702. The Hall–Kier alpha value is -1.62. The first-order valence-corrected chi connectivity index (χ1v) is 5.68. The van der Waals surface area contributed by atoms with Crippen LogP contribution in [0.1, 0.15) is 32.3 Å². The van der Waals surface area contributed by atoms with E-state index >= 15 is 0 Å². The molecule has 2 heterocycles. The van der Waals surface area contributed by atoms with Crippen molar-refractivity contribution in [2.75, 3.05) is 0 Å². The second-order valence-corrected chi connectivity index (χ2v) is 4.52. The van der Waals surface area contributed by atoms with Gasteiger partial charge < -0.3 is 9.63 Å². The average molecular weight is 237 g/mol. The normalized spacial score (nSPS) is 10.6. The Morgan fingerprint density at radius 1 is 1.56 bits per heavy atom. The van der Waals surface area contributed by atoms with Gasteiger partial charge in [-0.2, -0.15) is 0 Å². The molecular weight excluding hydrogens is 226 g/mol. The molecular formula is C11H11NO3S. The summed E-state index contributed by atoms with van der Waals surface area (Å²) in [5.41, 5.74) is 2.88. The van der Waals surface area contributed by atoms with E-state index in [2.05, 4.69) is 5.16 Å². The molecule has 0 aromatic carbocycles. The summed E-state index contributed by atoms with van der Waals surface area (Å²) in [5, 5.41) is 14.5. The second-order valence-electron chi connectivity index (χ2n) is 3.60. The minimum Gasteiger partial charge on any atom is -0.477 e. The molecule has 4 nitrogen and oxygen atoms in total. The summed E-state index contributed by atoms with van der Waals surface area (Å²) in [4.78, 5) is 11.1. The van der Waals surface area contributed by atoms with Crippen LogP contribution in [-0.2, 0) is 6.42 Å². The Bertz CT molecular complexity index is 508. The lowest BCUT2D eigenvalue weighted by Crippen LogP contribution is -1.92. The van der Waals surface area contributed by atoms with E-state index in [1.54, 1.807) is 6.07 Å². The lowest BCUT2D eigenvalue weighted by atomic mass is 10.1. The highest BCUT2D eigenvalue weighted by molar-refractivity contribution is 7.12. The topological polar surface area (TPSA) is 63.3 Å². The van der Waals surface area contributed by atoms with Gasteiger partial charge >= 0.3 is 5.97 Å². The van der Waals surface area contributed by atoms with Crippen LogP contribution in [-0.4, -0.2) is 16.2 Å². The predicted octanol–water partition coefficient (Wildman–Crippen LogP) is 2.64. The summed E-state index contributed by atoms with van der Waals surface area (Å²) in [7, 11) is 0. The van der Waals surface area contributed by atoms with Crippen molar-refractivity contribution in [2.45, 2.75) is 20.3 Å². The monoisotopic (exact) mass is 237 g/mol. The van der Waals surface area contributed by atoms with E-state index in [9.17, 15) is 4.79 Å². The highest BCUT2D eigenvalue weighted by atomic mass is 32.1. The van der Waals surface area contributed by atoms with Gasteiger partial charge in [-0.15, -0.1) is 11.3 Å². The standard InChI is InChI=1S/C11H11NO3S/c1-6-9(7(2)15-12-6)3-8-4-10(11(13)14)16-5-8/h4-5H,3H2,1-2H3,(H,13,14). The number of aromatic carboxylic acids is 1. The van der Waals surface area contributed by atoms with Crippen LogP contribution in [0.3, 0.4) is 0 Å². The first kappa shape index (κ1) is 10.9. The number of aryl methyl sites for hydroxylation is 2. The molecule has 2 aromatic rings. The molecule has 2 aromatic heterocycles. The van der Waals surface area contributed by atoms with Crippen molar-refractivity contribution in [3.05, 3.63) is 38.9 Å². The van der Waals surface area contributed by atoms with E-state index in [0.29, 0.717) is 11.3 Å². The maximum Gasteiger partial charge on any atom is 0.345 e. The summed E-state index contributed by atoms with van der Waals surface area (Å²) in [6.45, 7) is 3.75. The fraction of sp³-hybridized carbons (Fsp3) is 0.273. The van der Waals surface area contributed by atoms with E-state index in [1.165, 1.54) is 11.3 Å². The number of hydrogen-bond acceptors (Lipinski definition) is 4. The molecule has 2 rings (SSSR count). The molecule has 1 N–H and O–H groups in total. The molecule has 0 radical (unpaired) electrons. The molecule has 16 heavy (non-hydrogen) atoms. The van der Waals surface area contributed by atoms with Crippen LogP contribution in [0.5, 0.6) is 0 Å². The van der Waals surface area contributed by atoms with Gasteiger partial charge in [-0.1, -0.05) is 5.16 Å². The van der Waals surface area contributed by atoms with Gasteiger partial charge in [0.1, 0.15) is 10.6 Å². The van der Waals surface area contributed by atoms with Gasteiger partial charge in [0, 0.05) is 12.0 Å². The SMILES string of the molecule is Cc1noc(C)c1Cc1csc(C(=O)O)c1. The molecule has 0 fully saturated rings. The summed E-state index contributed by atoms with van der Waals surface area (Å²) in [6.07, 6.45) is 0.672. The van der Waals surface area contributed by atoms with Crippen LogP contribution in [0, 0.1) is 13.8 Å². The van der Waals surface area contributed by atoms with Gasteiger partial charge in [0.05, 0.1) is 5.69 Å². The maximum absolute atomic E-state index is 10.7. The van der Waals surface area contributed by atoms with Gasteiger partial charge in [0.2, 0.25) is 0 Å². The molecule has 0 spiro atoms. The zero-order chi connectivity index (χ0) is 11.7. The average Bonchev–Trinajstić information content (AvgIpc) is 2.80. The molecule has 0 saturated heterocycles. The largest absolute Gasteiger partial charge is 0.477 e. The molecule has 0 atom stereocenters. The molecule has 0 bridgehead atoms. The third kappa shape index (κ3) is 1.99. The van der Waals surface area contributed by atoms with Crippen LogP contribution in [0.15, 0.2) is 16.0 Å². The highest BCUT2D eigenvalue weighted by Crippen LogP contribution is 2.21. The smallest absolute Gasteiger partial charge is 0.345 e. The Balaban J connectivity index is 2.24. The Labute approximate surface area is 96.5 Å². The predicted molar refractivity (Wildman–Crippen MR) is 60.1 cm³/mol. The minimum absolute atomic E-state index is 0.363. The quantitative estimate of drug-likeness (QED) is 0.891. The number of hydrogen-bond donors (Lipinski definition) is 1. The highest BCUT2D eigenvalue weighted by Gasteiger charge is 2.12. The fourth-order valence-corrected chi connectivity index (χ4v) is 2.29. The van der Waals surface area contributed by atoms with Gasteiger partial charge in [-0.25, -0.2) is 4.79 Å². The van der Waals surface area contributed by atoms with E-state index < -0.39 is 5.97 Å². The van der Waals surface area contributed by atoms with Crippen LogP contribution < -0.4 is 0 Å². The first-order chi connectivity index (χ1) is 7.58. The van der Waals surface area contributed by atoms with Crippen LogP contribution in [0.4, 0.5) is 0 Å². The van der Waals surface area contributed by atoms with Crippen molar-refractivity contribution in [1.29, 1.82) is 0 Å². The molecule has 0 aliphatic rings. The molecule has 0 amide bonds. The second kappa shape index (κ2) is 4.09. The van der Waals surface area contributed by atoms with Crippen molar-refractivity contribution in [1.82, 2.24) is 5.16 Å². The zero-order valence-corrected chi connectivity index (χ0v) is 9.80. The molecule has 0 aliphatic heterocycles. The summed E-state index contributed by atoms with van der Waals surface area (Å²) >= 11 is 1.24.